The maximum Gasteiger partial charge on any atom is 0.0224 e. The third kappa shape index (κ3) is 1.62. The lowest BCUT2D eigenvalue weighted by molar-refractivity contribution is 0.194. The van der Waals surface area contributed by atoms with Crippen LogP contribution in [0, 0.1) is 5.92 Å². The van der Waals surface area contributed by atoms with Gasteiger partial charge in [-0.05, 0) is 44.6 Å². The second-order valence-corrected chi connectivity index (χ2v) is 5.02. The molecule has 3 rings (SSSR count). The van der Waals surface area contributed by atoms with Gasteiger partial charge < -0.3 is 5.32 Å². The Labute approximate surface area is 80.7 Å². The van der Waals surface area contributed by atoms with Gasteiger partial charge in [0.15, 0.2) is 0 Å². The number of fused-ring (bicyclic) bond motifs is 2. The average Bonchev–Trinajstić information content (AvgIpc) is 2.81. The van der Waals surface area contributed by atoms with Crippen molar-refractivity contribution in [1.29, 1.82) is 0 Å². The summed E-state index contributed by atoms with van der Waals surface area (Å²) < 4.78 is 0. The van der Waals surface area contributed by atoms with Gasteiger partial charge in [-0.3, -0.25) is 4.90 Å². The fourth-order valence-electron chi connectivity index (χ4n) is 2.98. The third-order valence-corrected chi connectivity index (χ3v) is 3.97. The van der Waals surface area contributed by atoms with Crippen LogP contribution in [0.25, 0.3) is 0 Å². The summed E-state index contributed by atoms with van der Waals surface area (Å²) in [6.45, 7) is 3.92. The van der Waals surface area contributed by atoms with Gasteiger partial charge in [0.05, 0.1) is 0 Å². The van der Waals surface area contributed by atoms with Crippen molar-refractivity contribution in [1.82, 2.24) is 10.2 Å². The van der Waals surface area contributed by atoms with Crippen LogP contribution in [0.15, 0.2) is 0 Å². The maximum absolute atomic E-state index is 3.56. The summed E-state index contributed by atoms with van der Waals surface area (Å²) in [6.07, 6.45) is 7.32. The summed E-state index contributed by atoms with van der Waals surface area (Å²) in [7, 11) is 0. The highest BCUT2D eigenvalue weighted by Crippen LogP contribution is 2.35. The summed E-state index contributed by atoms with van der Waals surface area (Å²) in [6, 6.07) is 1.81. The lowest BCUT2D eigenvalue weighted by atomic mass is 10.1. The zero-order chi connectivity index (χ0) is 8.67. The van der Waals surface area contributed by atoms with E-state index in [2.05, 4.69) is 10.2 Å². The fourth-order valence-corrected chi connectivity index (χ4v) is 2.98. The summed E-state index contributed by atoms with van der Waals surface area (Å²) in [4.78, 5) is 2.82. The number of nitrogens with one attached hydrogen (secondary N) is 1. The molecule has 3 fully saturated rings. The van der Waals surface area contributed by atoms with Crippen molar-refractivity contribution < 1.29 is 0 Å². The van der Waals surface area contributed by atoms with Crippen molar-refractivity contribution >= 4 is 0 Å². The van der Waals surface area contributed by atoms with Crippen LogP contribution in [-0.2, 0) is 0 Å². The smallest absolute Gasteiger partial charge is 0.0224 e. The molecule has 2 heterocycles. The number of rotatable bonds is 2. The Bertz CT molecular complexity index is 175. The van der Waals surface area contributed by atoms with E-state index in [9.17, 15) is 0 Å². The second kappa shape index (κ2) is 3.25. The SMILES string of the molecule is C1CC2CCC(CN1)N2CC1CC1. The standard InChI is InChI=1S/C11H20N2/c1-2-9(1)8-13-10-3-4-11(13)7-12-6-5-10/h9-12H,1-8H2. The predicted octanol–water partition coefficient (Wildman–Crippen LogP) is 1.22. The largest absolute Gasteiger partial charge is 0.315 e. The molecule has 2 bridgehead atoms. The molecule has 1 N–H and O–H groups in total. The van der Waals surface area contributed by atoms with Gasteiger partial charge in [0.1, 0.15) is 0 Å². The van der Waals surface area contributed by atoms with Crippen molar-refractivity contribution in [2.24, 2.45) is 5.92 Å². The predicted molar refractivity (Wildman–Crippen MR) is 53.7 cm³/mol. The number of nitrogens with zero attached hydrogens (tertiary/aromatic N) is 1. The van der Waals surface area contributed by atoms with E-state index >= 15 is 0 Å². The first kappa shape index (κ1) is 8.25. The van der Waals surface area contributed by atoms with Crippen LogP contribution in [0.3, 0.4) is 0 Å². The Kier molecular flexibility index (Phi) is 2.06. The van der Waals surface area contributed by atoms with Gasteiger partial charge in [0.25, 0.3) is 0 Å². The van der Waals surface area contributed by atoms with Gasteiger partial charge in [0.2, 0.25) is 0 Å². The van der Waals surface area contributed by atoms with Crippen molar-refractivity contribution in [3.63, 3.8) is 0 Å². The van der Waals surface area contributed by atoms with Gasteiger partial charge >= 0.3 is 0 Å². The highest BCUT2D eigenvalue weighted by atomic mass is 15.2. The van der Waals surface area contributed by atoms with Crippen molar-refractivity contribution in [2.75, 3.05) is 19.6 Å². The Morgan fingerprint density at radius 3 is 2.69 bits per heavy atom. The first-order valence-corrected chi connectivity index (χ1v) is 5.90. The summed E-state index contributed by atoms with van der Waals surface area (Å²) >= 11 is 0. The molecule has 3 aliphatic rings. The molecule has 2 atom stereocenters. The van der Waals surface area contributed by atoms with Gasteiger partial charge in [-0.2, -0.15) is 0 Å². The van der Waals surface area contributed by atoms with Gasteiger partial charge in [-0.1, -0.05) is 0 Å². The lowest BCUT2D eigenvalue weighted by Gasteiger charge is -2.27. The van der Waals surface area contributed by atoms with Crippen molar-refractivity contribution in [3.8, 4) is 0 Å². The summed E-state index contributed by atoms with van der Waals surface area (Å²) in [5.74, 6) is 1.07. The van der Waals surface area contributed by atoms with E-state index in [1.165, 1.54) is 51.7 Å². The first-order valence-electron chi connectivity index (χ1n) is 5.90. The Hall–Kier alpha value is -0.0800. The molecule has 0 aromatic heterocycles. The minimum atomic E-state index is 0.882. The molecule has 0 aromatic rings. The van der Waals surface area contributed by atoms with Gasteiger partial charge in [-0.15, -0.1) is 0 Å². The molecule has 1 aliphatic carbocycles. The van der Waals surface area contributed by atoms with Gasteiger partial charge in [0, 0.05) is 25.2 Å². The van der Waals surface area contributed by atoms with Crippen molar-refractivity contribution in [2.45, 2.75) is 44.2 Å². The Morgan fingerprint density at radius 1 is 1.00 bits per heavy atom. The summed E-state index contributed by atoms with van der Waals surface area (Å²) in [5, 5.41) is 3.56. The highest BCUT2D eigenvalue weighted by molar-refractivity contribution is 4.94. The molecular weight excluding hydrogens is 160 g/mol. The van der Waals surface area contributed by atoms with Crippen LogP contribution in [0.4, 0.5) is 0 Å². The van der Waals surface area contributed by atoms with E-state index in [-0.39, 0.29) is 0 Å². The van der Waals surface area contributed by atoms with Crippen LogP contribution in [-0.4, -0.2) is 36.6 Å². The zero-order valence-electron chi connectivity index (χ0n) is 8.34. The van der Waals surface area contributed by atoms with Crippen LogP contribution in [0.2, 0.25) is 0 Å². The van der Waals surface area contributed by atoms with Crippen LogP contribution in [0.1, 0.15) is 32.1 Å². The molecule has 0 aromatic carbocycles. The molecule has 2 saturated heterocycles. The Morgan fingerprint density at radius 2 is 1.85 bits per heavy atom. The molecule has 2 unspecified atom stereocenters. The molecule has 74 valence electrons. The minimum absolute atomic E-state index is 0.882. The minimum Gasteiger partial charge on any atom is -0.315 e. The highest BCUT2D eigenvalue weighted by Gasteiger charge is 2.37. The van der Waals surface area contributed by atoms with E-state index in [1.807, 2.05) is 0 Å². The van der Waals surface area contributed by atoms with Crippen LogP contribution >= 0.6 is 0 Å². The quantitative estimate of drug-likeness (QED) is 0.687. The molecule has 2 nitrogen and oxygen atoms in total. The molecule has 2 heteroatoms. The van der Waals surface area contributed by atoms with E-state index < -0.39 is 0 Å². The van der Waals surface area contributed by atoms with Crippen LogP contribution in [0.5, 0.6) is 0 Å². The lowest BCUT2D eigenvalue weighted by Crippen LogP contribution is -2.39. The van der Waals surface area contributed by atoms with Crippen molar-refractivity contribution in [3.05, 3.63) is 0 Å². The second-order valence-electron chi connectivity index (χ2n) is 5.02. The maximum atomic E-state index is 3.56. The van der Waals surface area contributed by atoms with Crippen LogP contribution < -0.4 is 5.32 Å². The third-order valence-electron chi connectivity index (χ3n) is 3.97. The molecule has 0 amide bonds. The monoisotopic (exact) mass is 180 g/mol. The van der Waals surface area contributed by atoms with E-state index in [1.54, 1.807) is 0 Å². The fraction of sp³-hybridized carbons (Fsp3) is 1.00. The first-order chi connectivity index (χ1) is 6.43. The normalized spacial score (nSPS) is 40.6. The molecular formula is C11H20N2. The van der Waals surface area contributed by atoms with Gasteiger partial charge in [-0.25, -0.2) is 0 Å². The Balaban J connectivity index is 1.68. The molecule has 0 radical (unpaired) electrons. The van der Waals surface area contributed by atoms with E-state index in [0.717, 1.165) is 18.0 Å². The molecule has 0 spiro atoms. The topological polar surface area (TPSA) is 15.3 Å². The number of hydrogen-bond acceptors (Lipinski definition) is 2. The average molecular weight is 180 g/mol. The number of hydrogen-bond donors (Lipinski definition) is 1. The summed E-state index contributed by atoms with van der Waals surface area (Å²) in [5.41, 5.74) is 0. The molecule has 13 heavy (non-hydrogen) atoms. The molecule has 1 saturated carbocycles. The zero-order valence-corrected chi connectivity index (χ0v) is 8.34. The van der Waals surface area contributed by atoms with E-state index in [4.69, 9.17) is 0 Å². The molecule has 2 aliphatic heterocycles. The van der Waals surface area contributed by atoms with E-state index in [0.29, 0.717) is 0 Å².